The van der Waals surface area contributed by atoms with Gasteiger partial charge in [0.15, 0.2) is 0 Å². The molecule has 4 nitrogen and oxygen atoms in total. The average Bonchev–Trinajstić information content (AvgIpc) is 2.96. The van der Waals surface area contributed by atoms with Crippen LogP contribution in [0.15, 0.2) is 41.8 Å². The number of thiocarbonyl (C=S) groups is 1. The number of pyridine rings is 1. The fourth-order valence-corrected chi connectivity index (χ4v) is 4.96. The summed E-state index contributed by atoms with van der Waals surface area (Å²) in [4.78, 5) is 22.4. The predicted octanol–water partition coefficient (Wildman–Crippen LogP) is 4.92. The van der Waals surface area contributed by atoms with Crippen molar-refractivity contribution in [2.24, 2.45) is 0 Å². The molecule has 0 N–H and O–H groups in total. The van der Waals surface area contributed by atoms with Gasteiger partial charge in [0.1, 0.15) is 10.1 Å². The van der Waals surface area contributed by atoms with Crippen molar-refractivity contribution in [2.75, 3.05) is 24.5 Å². The molecule has 6 heteroatoms. The van der Waals surface area contributed by atoms with Crippen LogP contribution in [0.3, 0.4) is 0 Å². The zero-order valence-electron chi connectivity index (χ0n) is 16.0. The molecular weight excluding hydrogens is 386 g/mol. The maximum atomic E-state index is 12.8. The zero-order valence-corrected chi connectivity index (χ0v) is 17.6. The van der Waals surface area contributed by atoms with Crippen molar-refractivity contribution in [3.63, 3.8) is 0 Å². The monoisotopic (exact) mass is 409 g/mol. The van der Waals surface area contributed by atoms with E-state index in [0.717, 1.165) is 35.4 Å². The first-order chi connectivity index (χ1) is 13.6. The number of aromatic nitrogens is 1. The van der Waals surface area contributed by atoms with E-state index in [9.17, 15) is 4.79 Å². The summed E-state index contributed by atoms with van der Waals surface area (Å²) in [7, 11) is 0. The molecule has 0 radical (unpaired) electrons. The van der Waals surface area contributed by atoms with Gasteiger partial charge in [0, 0.05) is 30.6 Å². The summed E-state index contributed by atoms with van der Waals surface area (Å²) in [5.41, 5.74) is 3.17. The van der Waals surface area contributed by atoms with Gasteiger partial charge in [-0.3, -0.25) is 9.69 Å². The quantitative estimate of drug-likeness (QED) is 0.407. The van der Waals surface area contributed by atoms with Crippen molar-refractivity contribution in [1.29, 1.82) is 0 Å². The molecule has 1 aromatic heterocycles. The number of amides is 1. The van der Waals surface area contributed by atoms with Crippen LogP contribution in [-0.4, -0.2) is 39.7 Å². The highest BCUT2D eigenvalue weighted by molar-refractivity contribution is 8.26. The lowest BCUT2D eigenvalue weighted by Crippen LogP contribution is -2.31. The van der Waals surface area contributed by atoms with Crippen molar-refractivity contribution in [3.8, 4) is 0 Å². The number of aryl methyl sites for hydroxylation is 1. The first kappa shape index (κ1) is 19.2. The maximum Gasteiger partial charge on any atom is 0.266 e. The van der Waals surface area contributed by atoms with E-state index >= 15 is 0 Å². The van der Waals surface area contributed by atoms with E-state index in [1.807, 2.05) is 6.08 Å². The number of carbonyl (C=O) groups excluding carboxylic acids is 1. The van der Waals surface area contributed by atoms with Crippen molar-refractivity contribution in [3.05, 3.63) is 53.0 Å². The molecule has 2 saturated heterocycles. The Morgan fingerprint density at radius 1 is 1.25 bits per heavy atom. The van der Waals surface area contributed by atoms with E-state index in [-0.39, 0.29) is 5.91 Å². The SMILES string of the molecule is C=CCN1C(=O)/C(=C/c2cc3cc(C)ccc3nc2N2CCCCC2)SC1=S. The van der Waals surface area contributed by atoms with E-state index in [2.05, 4.69) is 42.7 Å². The highest BCUT2D eigenvalue weighted by atomic mass is 32.2. The van der Waals surface area contributed by atoms with Gasteiger partial charge in [0.25, 0.3) is 5.91 Å². The van der Waals surface area contributed by atoms with Crippen molar-refractivity contribution in [1.82, 2.24) is 9.88 Å². The summed E-state index contributed by atoms with van der Waals surface area (Å²) in [5.74, 6) is 0.911. The van der Waals surface area contributed by atoms with Gasteiger partial charge in [-0.2, -0.15) is 0 Å². The normalized spacial score (nSPS) is 19.1. The van der Waals surface area contributed by atoms with Crippen LogP contribution in [0.25, 0.3) is 17.0 Å². The number of hydrogen-bond acceptors (Lipinski definition) is 5. The average molecular weight is 410 g/mol. The molecule has 2 fully saturated rings. The van der Waals surface area contributed by atoms with E-state index in [1.165, 1.54) is 36.6 Å². The molecule has 1 aromatic carbocycles. The lowest BCUT2D eigenvalue weighted by Gasteiger charge is -2.29. The lowest BCUT2D eigenvalue weighted by molar-refractivity contribution is -0.121. The maximum absolute atomic E-state index is 12.8. The van der Waals surface area contributed by atoms with Gasteiger partial charge in [-0.15, -0.1) is 6.58 Å². The molecule has 3 heterocycles. The zero-order chi connectivity index (χ0) is 19.7. The Labute approximate surface area is 175 Å². The lowest BCUT2D eigenvalue weighted by atomic mass is 10.1. The van der Waals surface area contributed by atoms with Crippen LogP contribution in [0.2, 0.25) is 0 Å². The van der Waals surface area contributed by atoms with Crippen molar-refractivity contribution < 1.29 is 4.79 Å². The smallest absolute Gasteiger partial charge is 0.266 e. The number of hydrogen-bond donors (Lipinski definition) is 0. The minimum Gasteiger partial charge on any atom is -0.356 e. The Morgan fingerprint density at radius 3 is 2.79 bits per heavy atom. The molecule has 0 unspecified atom stereocenters. The number of piperidine rings is 1. The standard InChI is InChI=1S/C22H23N3OS2/c1-3-9-25-21(26)19(28-22(25)27)14-17-13-16-12-15(2)7-8-18(16)23-20(17)24-10-5-4-6-11-24/h3,7-8,12-14H,1,4-6,9-11H2,2H3/b19-14-. The molecule has 4 rings (SSSR count). The van der Waals surface area contributed by atoms with Gasteiger partial charge in [-0.25, -0.2) is 4.98 Å². The molecule has 2 aromatic rings. The summed E-state index contributed by atoms with van der Waals surface area (Å²) in [5, 5.41) is 1.09. The fourth-order valence-electron chi connectivity index (χ4n) is 3.70. The second-order valence-electron chi connectivity index (χ2n) is 7.23. The first-order valence-corrected chi connectivity index (χ1v) is 10.8. The van der Waals surface area contributed by atoms with Gasteiger partial charge >= 0.3 is 0 Å². The summed E-state index contributed by atoms with van der Waals surface area (Å²) < 4.78 is 0.584. The number of thioether (sulfide) groups is 1. The molecule has 1 amide bonds. The molecule has 0 atom stereocenters. The van der Waals surface area contributed by atoms with E-state index in [1.54, 1.807) is 11.0 Å². The largest absolute Gasteiger partial charge is 0.356 e. The summed E-state index contributed by atoms with van der Waals surface area (Å²) >= 11 is 6.74. The molecule has 144 valence electrons. The van der Waals surface area contributed by atoms with Gasteiger partial charge in [0.2, 0.25) is 0 Å². The highest BCUT2D eigenvalue weighted by Crippen LogP contribution is 2.35. The topological polar surface area (TPSA) is 36.4 Å². The van der Waals surface area contributed by atoms with Crippen LogP contribution in [0.1, 0.15) is 30.4 Å². The molecule has 28 heavy (non-hydrogen) atoms. The summed E-state index contributed by atoms with van der Waals surface area (Å²) in [6.45, 7) is 8.25. The third-order valence-electron chi connectivity index (χ3n) is 5.11. The minimum atomic E-state index is -0.0520. The third kappa shape index (κ3) is 3.71. The third-order valence-corrected chi connectivity index (χ3v) is 6.48. The second kappa shape index (κ2) is 8.05. The van der Waals surface area contributed by atoms with Crippen LogP contribution in [0.4, 0.5) is 5.82 Å². The highest BCUT2D eigenvalue weighted by Gasteiger charge is 2.31. The van der Waals surface area contributed by atoms with Crippen LogP contribution in [0.5, 0.6) is 0 Å². The number of rotatable bonds is 4. The Hall–Kier alpha value is -2.18. The fraction of sp³-hybridized carbons (Fsp3) is 0.318. The minimum absolute atomic E-state index is 0.0520. The van der Waals surface area contributed by atoms with Gasteiger partial charge in [-0.1, -0.05) is 41.7 Å². The number of fused-ring (bicyclic) bond motifs is 1. The van der Waals surface area contributed by atoms with Crippen LogP contribution >= 0.6 is 24.0 Å². The molecule has 2 aliphatic rings. The Kier molecular flexibility index (Phi) is 5.51. The molecule has 2 aliphatic heterocycles. The number of carbonyl (C=O) groups is 1. The van der Waals surface area contributed by atoms with Crippen molar-refractivity contribution >= 4 is 57.0 Å². The molecule has 0 spiro atoms. The van der Waals surface area contributed by atoms with Crippen LogP contribution in [0, 0.1) is 6.92 Å². The first-order valence-electron chi connectivity index (χ1n) is 9.59. The van der Waals surface area contributed by atoms with Gasteiger partial charge < -0.3 is 4.90 Å². The number of benzene rings is 1. The van der Waals surface area contributed by atoms with E-state index in [4.69, 9.17) is 17.2 Å². The van der Waals surface area contributed by atoms with Crippen LogP contribution < -0.4 is 4.90 Å². The van der Waals surface area contributed by atoms with Crippen molar-refractivity contribution in [2.45, 2.75) is 26.2 Å². The molecular formula is C22H23N3OS2. The number of anilines is 1. The van der Waals surface area contributed by atoms with Gasteiger partial charge in [-0.05, 0) is 50.5 Å². The van der Waals surface area contributed by atoms with Gasteiger partial charge in [0.05, 0.1) is 10.4 Å². The van der Waals surface area contributed by atoms with E-state index < -0.39 is 0 Å². The Balaban J connectivity index is 1.81. The van der Waals surface area contributed by atoms with E-state index in [0.29, 0.717) is 15.8 Å². The second-order valence-corrected chi connectivity index (χ2v) is 8.90. The molecule has 0 saturated carbocycles. The predicted molar refractivity (Wildman–Crippen MR) is 123 cm³/mol. The molecule has 0 aliphatic carbocycles. The van der Waals surface area contributed by atoms with Crippen LogP contribution in [-0.2, 0) is 4.79 Å². The summed E-state index contributed by atoms with van der Waals surface area (Å²) in [6.07, 6.45) is 7.27. The summed E-state index contributed by atoms with van der Waals surface area (Å²) in [6, 6.07) is 8.46. The Morgan fingerprint density at radius 2 is 2.04 bits per heavy atom. The Bertz CT molecular complexity index is 993. The number of nitrogens with zero attached hydrogens (tertiary/aromatic N) is 3. The molecule has 0 bridgehead atoms.